The molecule has 0 unspecified atom stereocenters. The molecule has 0 heterocycles. The van der Waals surface area contributed by atoms with Crippen LogP contribution in [0, 0.1) is 10.5 Å². The van der Waals surface area contributed by atoms with Crippen molar-refractivity contribution < 1.29 is 14.7 Å². The van der Waals surface area contributed by atoms with Crippen molar-refractivity contribution in [2.45, 2.75) is 13.0 Å². The number of carboxylic acids is 1. The van der Waals surface area contributed by atoms with Gasteiger partial charge in [0.15, 0.2) is 0 Å². The molecule has 0 saturated carbocycles. The lowest BCUT2D eigenvalue weighted by atomic mass is 10.2. The molecule has 0 aliphatic rings. The van der Waals surface area contributed by atoms with Crippen molar-refractivity contribution in [3.63, 3.8) is 0 Å². The number of halogens is 1. The van der Waals surface area contributed by atoms with Crippen molar-refractivity contribution in [1.29, 1.82) is 0 Å². The van der Waals surface area contributed by atoms with Crippen LogP contribution >= 0.6 is 34.4 Å². The number of anilines is 1. The van der Waals surface area contributed by atoms with Crippen LogP contribution in [0.5, 0.6) is 0 Å². The normalized spacial score (nSPS) is 11.9. The number of benzene rings is 1. The molecule has 1 aromatic rings. The summed E-state index contributed by atoms with van der Waals surface area (Å²) in [6, 6.07) is 4.81. The van der Waals surface area contributed by atoms with E-state index < -0.39 is 12.0 Å². The minimum atomic E-state index is -1.05. The van der Waals surface area contributed by atoms with E-state index in [1.165, 1.54) is 11.8 Å². The highest BCUT2D eigenvalue weighted by Gasteiger charge is 2.12. The summed E-state index contributed by atoms with van der Waals surface area (Å²) in [6.45, 7) is 1.92. The van der Waals surface area contributed by atoms with Gasteiger partial charge in [-0.1, -0.05) is 0 Å². The van der Waals surface area contributed by atoms with Crippen LogP contribution in [-0.2, 0) is 9.59 Å². The molecule has 0 aliphatic carbocycles. The monoisotopic (exact) mass is 394 g/mol. The first-order valence-corrected chi connectivity index (χ1v) is 7.75. The number of hydrogen-bond acceptors (Lipinski definition) is 4. The van der Waals surface area contributed by atoms with E-state index in [1.54, 1.807) is 0 Å². The largest absolute Gasteiger partial charge is 0.480 e. The fourth-order valence-corrected chi connectivity index (χ4v) is 2.72. The van der Waals surface area contributed by atoms with Gasteiger partial charge in [0.25, 0.3) is 0 Å². The average Bonchev–Trinajstić information content (AvgIpc) is 2.32. The van der Waals surface area contributed by atoms with Crippen LogP contribution in [0.15, 0.2) is 18.2 Å². The van der Waals surface area contributed by atoms with Crippen molar-refractivity contribution in [1.82, 2.24) is 0 Å². The van der Waals surface area contributed by atoms with Gasteiger partial charge in [0.2, 0.25) is 5.91 Å². The average molecular weight is 394 g/mol. The van der Waals surface area contributed by atoms with Crippen LogP contribution < -0.4 is 11.1 Å². The summed E-state index contributed by atoms with van der Waals surface area (Å²) >= 11 is 3.41. The smallest absolute Gasteiger partial charge is 0.321 e. The van der Waals surface area contributed by atoms with Gasteiger partial charge in [-0.2, -0.15) is 0 Å². The number of rotatable bonds is 6. The first-order chi connectivity index (χ1) is 8.90. The lowest BCUT2D eigenvalue weighted by molar-refractivity contribution is -0.137. The number of aryl methyl sites for hydroxylation is 1. The Hall–Kier alpha value is -0.800. The number of nitrogens with one attached hydrogen (secondary N) is 1. The summed E-state index contributed by atoms with van der Waals surface area (Å²) < 4.78 is 1.11. The molecule has 0 bridgehead atoms. The highest BCUT2D eigenvalue weighted by atomic mass is 127. The molecule has 0 aromatic heterocycles. The first-order valence-electron chi connectivity index (χ1n) is 5.52. The van der Waals surface area contributed by atoms with Crippen molar-refractivity contribution in [2.24, 2.45) is 5.73 Å². The van der Waals surface area contributed by atoms with Crippen LogP contribution in [-0.4, -0.2) is 34.5 Å². The number of carboxylic acid groups (broad SMARTS) is 1. The van der Waals surface area contributed by atoms with E-state index in [2.05, 4.69) is 27.9 Å². The molecule has 0 fully saturated rings. The van der Waals surface area contributed by atoms with Gasteiger partial charge in [0.05, 0.1) is 5.75 Å². The number of aliphatic carboxylic acids is 1. The number of amides is 1. The van der Waals surface area contributed by atoms with Crippen LogP contribution in [0.25, 0.3) is 0 Å². The third-order valence-electron chi connectivity index (χ3n) is 2.31. The number of carbonyl (C=O) groups excluding carboxylic acids is 1. The molecule has 1 rings (SSSR count). The highest BCUT2D eigenvalue weighted by molar-refractivity contribution is 14.1. The van der Waals surface area contributed by atoms with Gasteiger partial charge in [-0.05, 0) is 53.3 Å². The second kappa shape index (κ2) is 7.71. The predicted molar refractivity (Wildman–Crippen MR) is 85.5 cm³/mol. The molecule has 0 aliphatic heterocycles. The fourth-order valence-electron chi connectivity index (χ4n) is 1.30. The molecule has 0 spiro atoms. The Morgan fingerprint density at radius 1 is 1.53 bits per heavy atom. The third kappa shape index (κ3) is 5.79. The second-order valence-corrected chi connectivity index (χ2v) is 6.24. The maximum atomic E-state index is 11.7. The Kier molecular flexibility index (Phi) is 6.59. The summed E-state index contributed by atoms with van der Waals surface area (Å²) in [4.78, 5) is 22.2. The molecular weight excluding hydrogens is 379 g/mol. The van der Waals surface area contributed by atoms with Crippen molar-refractivity contribution in [2.75, 3.05) is 16.8 Å². The Balaban J connectivity index is 2.41. The van der Waals surface area contributed by atoms with Crippen LogP contribution in [0.3, 0.4) is 0 Å². The fraction of sp³-hybridized carbons (Fsp3) is 0.333. The van der Waals surface area contributed by atoms with E-state index in [9.17, 15) is 9.59 Å². The molecule has 1 atom stereocenters. The van der Waals surface area contributed by atoms with Crippen molar-refractivity contribution >= 4 is 51.9 Å². The van der Waals surface area contributed by atoms with Crippen molar-refractivity contribution in [3.8, 4) is 0 Å². The minimum Gasteiger partial charge on any atom is -0.480 e. The maximum absolute atomic E-state index is 11.7. The molecule has 0 saturated heterocycles. The first kappa shape index (κ1) is 16.3. The number of hydrogen-bond donors (Lipinski definition) is 3. The van der Waals surface area contributed by atoms with E-state index in [1.807, 2.05) is 25.1 Å². The zero-order valence-electron chi connectivity index (χ0n) is 10.4. The van der Waals surface area contributed by atoms with Gasteiger partial charge < -0.3 is 16.2 Å². The number of nitrogens with two attached hydrogens (primary N) is 1. The quantitative estimate of drug-likeness (QED) is 0.639. The van der Waals surface area contributed by atoms with E-state index >= 15 is 0 Å². The molecule has 104 valence electrons. The van der Waals surface area contributed by atoms with Gasteiger partial charge in [-0.15, -0.1) is 11.8 Å². The molecular formula is C12H15IN2O3S. The zero-order chi connectivity index (χ0) is 14.4. The van der Waals surface area contributed by atoms with E-state index in [-0.39, 0.29) is 17.4 Å². The SMILES string of the molecule is Cc1cc(I)ccc1NC(=O)CSC[C@@H](N)C(=O)O. The maximum Gasteiger partial charge on any atom is 0.321 e. The zero-order valence-corrected chi connectivity index (χ0v) is 13.3. The number of carbonyl (C=O) groups is 2. The summed E-state index contributed by atoms with van der Waals surface area (Å²) in [5, 5.41) is 11.4. The van der Waals surface area contributed by atoms with Crippen LogP contribution in [0.2, 0.25) is 0 Å². The molecule has 5 nitrogen and oxygen atoms in total. The summed E-state index contributed by atoms with van der Waals surface area (Å²) in [7, 11) is 0. The van der Waals surface area contributed by atoms with Gasteiger partial charge in [0.1, 0.15) is 6.04 Å². The van der Waals surface area contributed by atoms with Crippen LogP contribution in [0.4, 0.5) is 5.69 Å². The Morgan fingerprint density at radius 3 is 2.79 bits per heavy atom. The Bertz CT molecular complexity index is 482. The minimum absolute atomic E-state index is 0.160. The molecule has 7 heteroatoms. The van der Waals surface area contributed by atoms with Gasteiger partial charge >= 0.3 is 5.97 Å². The Morgan fingerprint density at radius 2 is 2.21 bits per heavy atom. The van der Waals surface area contributed by atoms with E-state index in [0.29, 0.717) is 0 Å². The van der Waals surface area contributed by atoms with Gasteiger partial charge in [0, 0.05) is 15.0 Å². The summed E-state index contributed by atoms with van der Waals surface area (Å²) in [5.41, 5.74) is 7.11. The Labute approximate surface area is 129 Å². The van der Waals surface area contributed by atoms with E-state index in [4.69, 9.17) is 10.8 Å². The van der Waals surface area contributed by atoms with Crippen LogP contribution in [0.1, 0.15) is 5.56 Å². The van der Waals surface area contributed by atoms with Gasteiger partial charge in [-0.3, -0.25) is 9.59 Å². The van der Waals surface area contributed by atoms with E-state index in [0.717, 1.165) is 14.8 Å². The molecule has 1 amide bonds. The second-order valence-electron chi connectivity index (χ2n) is 3.97. The van der Waals surface area contributed by atoms with Gasteiger partial charge in [-0.25, -0.2) is 0 Å². The molecule has 19 heavy (non-hydrogen) atoms. The lowest BCUT2D eigenvalue weighted by Gasteiger charge is -2.09. The topological polar surface area (TPSA) is 92.4 Å². The third-order valence-corrected chi connectivity index (χ3v) is 4.04. The molecule has 0 radical (unpaired) electrons. The number of thioether (sulfide) groups is 1. The van der Waals surface area contributed by atoms with Crippen molar-refractivity contribution in [3.05, 3.63) is 27.3 Å². The predicted octanol–water partition coefficient (Wildman–Crippen LogP) is 1.68. The molecule has 4 N–H and O–H groups in total. The standard InChI is InChI=1S/C12H15IN2O3S/c1-7-4-8(13)2-3-10(7)15-11(16)6-19-5-9(14)12(17)18/h2-4,9H,5-6,14H2,1H3,(H,15,16)(H,17,18)/t9-/m1/s1. The lowest BCUT2D eigenvalue weighted by Crippen LogP contribution is -2.33. The summed E-state index contributed by atoms with van der Waals surface area (Å²) in [6.07, 6.45) is 0. The molecule has 1 aromatic carbocycles. The summed E-state index contributed by atoms with van der Waals surface area (Å²) in [5.74, 6) is -0.811. The highest BCUT2D eigenvalue weighted by Crippen LogP contribution is 2.18.